The standard InChI is InChI=1S/C61H35NOS/c1-2-14-40-39(13-1)41-28-25-36(31-48(41)49-34-52-47-19-7-12-24-59(47)64-60(52)35-50(40)49)62(37-27-30-58-51(32-37)46-18-6-11-23-57(46)63-58)38-26-29-45-44-17-5-10-22-55(44)61(56(45)33-38)53-20-8-3-15-42(53)43-16-4-9-21-54(43)61/h1-35H. The SMILES string of the molecule is c1ccc2c(c1)-c1ccccc1C21c2ccccc2-c2ccc(N(c3ccc4oc5ccccc5c4c3)c3ccc4c5ccccc5c5cc6sc7ccccc7c6cc5c4c3)cc21. The quantitative estimate of drug-likeness (QED) is 0.165. The van der Waals surface area contributed by atoms with Gasteiger partial charge in [0.05, 0.1) is 5.41 Å². The molecule has 2 heterocycles. The fraction of sp³-hybridized carbons (Fsp3) is 0.0164. The van der Waals surface area contributed by atoms with Crippen molar-refractivity contribution in [3.8, 4) is 22.3 Å². The van der Waals surface area contributed by atoms with Gasteiger partial charge >= 0.3 is 0 Å². The second kappa shape index (κ2) is 12.6. The van der Waals surface area contributed by atoms with Gasteiger partial charge in [0.2, 0.25) is 0 Å². The lowest BCUT2D eigenvalue weighted by Gasteiger charge is -2.32. The molecule has 0 aliphatic heterocycles. The molecule has 3 heteroatoms. The summed E-state index contributed by atoms with van der Waals surface area (Å²) in [6, 6.07) is 79.3. The Balaban J connectivity index is 1.04. The Morgan fingerprint density at radius 2 is 0.781 bits per heavy atom. The third-order valence-electron chi connectivity index (χ3n) is 14.4. The van der Waals surface area contributed by atoms with Crippen molar-refractivity contribution in [2.75, 3.05) is 4.90 Å². The van der Waals surface area contributed by atoms with Crippen LogP contribution in [0.4, 0.5) is 17.1 Å². The Labute approximate surface area is 372 Å². The van der Waals surface area contributed by atoms with Crippen LogP contribution in [0.15, 0.2) is 217 Å². The molecule has 0 unspecified atom stereocenters. The number of anilines is 3. The van der Waals surface area contributed by atoms with E-state index in [4.69, 9.17) is 4.42 Å². The van der Waals surface area contributed by atoms with Crippen LogP contribution in [0.2, 0.25) is 0 Å². The molecule has 0 fully saturated rings. The van der Waals surface area contributed by atoms with Crippen molar-refractivity contribution >= 4 is 103 Å². The second-order valence-electron chi connectivity index (χ2n) is 17.5. The van der Waals surface area contributed by atoms with Crippen LogP contribution < -0.4 is 4.90 Å². The zero-order valence-electron chi connectivity index (χ0n) is 34.5. The van der Waals surface area contributed by atoms with E-state index < -0.39 is 5.41 Å². The van der Waals surface area contributed by atoms with Gasteiger partial charge in [-0.15, -0.1) is 11.3 Å². The van der Waals surface area contributed by atoms with Crippen LogP contribution in [0.1, 0.15) is 22.3 Å². The minimum Gasteiger partial charge on any atom is -0.456 e. The van der Waals surface area contributed by atoms with Crippen molar-refractivity contribution in [2.24, 2.45) is 0 Å². The highest BCUT2D eigenvalue weighted by atomic mass is 32.1. The maximum absolute atomic E-state index is 6.41. The number of hydrogen-bond acceptors (Lipinski definition) is 3. The molecule has 15 rings (SSSR count). The monoisotopic (exact) mass is 829 g/mol. The fourth-order valence-electron chi connectivity index (χ4n) is 11.8. The van der Waals surface area contributed by atoms with Gasteiger partial charge in [-0.1, -0.05) is 146 Å². The van der Waals surface area contributed by atoms with E-state index in [0.29, 0.717) is 0 Å². The maximum Gasteiger partial charge on any atom is 0.135 e. The van der Waals surface area contributed by atoms with E-state index >= 15 is 0 Å². The van der Waals surface area contributed by atoms with Crippen LogP contribution in [-0.2, 0) is 5.41 Å². The smallest absolute Gasteiger partial charge is 0.135 e. The number of furan rings is 1. The molecular weight excluding hydrogens is 795 g/mol. The number of nitrogens with zero attached hydrogens (tertiary/aromatic N) is 1. The summed E-state index contributed by atoms with van der Waals surface area (Å²) in [4.78, 5) is 2.48. The summed E-state index contributed by atoms with van der Waals surface area (Å²) >= 11 is 1.88. The number of thiophene rings is 1. The van der Waals surface area contributed by atoms with E-state index in [-0.39, 0.29) is 0 Å². The molecule has 11 aromatic carbocycles. The summed E-state index contributed by atoms with van der Waals surface area (Å²) < 4.78 is 9.05. The molecule has 0 atom stereocenters. The van der Waals surface area contributed by atoms with Gasteiger partial charge in [0, 0.05) is 48.0 Å². The molecule has 0 saturated heterocycles. The Morgan fingerprint density at radius 1 is 0.297 bits per heavy atom. The molecule has 0 bridgehead atoms. The Bertz CT molecular complexity index is 4110. The van der Waals surface area contributed by atoms with E-state index in [1.165, 1.54) is 97.0 Å². The average Bonchev–Trinajstić information content (AvgIpc) is 4.08. The molecule has 2 aliphatic carbocycles. The van der Waals surface area contributed by atoms with Crippen molar-refractivity contribution < 1.29 is 4.42 Å². The lowest BCUT2D eigenvalue weighted by Crippen LogP contribution is -2.26. The highest BCUT2D eigenvalue weighted by Crippen LogP contribution is 2.63. The topological polar surface area (TPSA) is 16.4 Å². The van der Waals surface area contributed by atoms with Gasteiger partial charge in [0.15, 0.2) is 0 Å². The van der Waals surface area contributed by atoms with Crippen LogP contribution >= 0.6 is 11.3 Å². The first kappa shape index (κ1) is 34.6. The van der Waals surface area contributed by atoms with Crippen LogP contribution in [0.5, 0.6) is 0 Å². The molecule has 296 valence electrons. The molecule has 2 aliphatic rings. The Kier molecular flexibility index (Phi) is 6.79. The molecule has 64 heavy (non-hydrogen) atoms. The third-order valence-corrected chi connectivity index (χ3v) is 15.6. The summed E-state index contributed by atoms with van der Waals surface area (Å²) in [6.07, 6.45) is 0. The zero-order chi connectivity index (χ0) is 41.7. The summed E-state index contributed by atoms with van der Waals surface area (Å²) in [5.41, 5.74) is 15.1. The number of hydrogen-bond donors (Lipinski definition) is 0. The maximum atomic E-state index is 6.41. The average molecular weight is 830 g/mol. The number of para-hydroxylation sites is 1. The summed E-state index contributed by atoms with van der Waals surface area (Å²) in [5, 5.41) is 12.4. The molecule has 0 radical (unpaired) electrons. The first-order chi connectivity index (χ1) is 31.7. The van der Waals surface area contributed by atoms with Crippen molar-refractivity contribution in [3.05, 3.63) is 235 Å². The minimum absolute atomic E-state index is 0.460. The van der Waals surface area contributed by atoms with Crippen molar-refractivity contribution in [2.45, 2.75) is 5.41 Å². The molecule has 0 amide bonds. The van der Waals surface area contributed by atoms with Gasteiger partial charge in [-0.2, -0.15) is 0 Å². The van der Waals surface area contributed by atoms with Crippen molar-refractivity contribution in [1.29, 1.82) is 0 Å². The van der Waals surface area contributed by atoms with Crippen LogP contribution in [0, 0.1) is 0 Å². The summed E-state index contributed by atoms with van der Waals surface area (Å²) in [6.45, 7) is 0. The predicted molar refractivity (Wildman–Crippen MR) is 270 cm³/mol. The van der Waals surface area contributed by atoms with Gasteiger partial charge < -0.3 is 9.32 Å². The Morgan fingerprint density at radius 3 is 1.52 bits per heavy atom. The molecule has 1 spiro atoms. The summed E-state index contributed by atoms with van der Waals surface area (Å²) in [5.74, 6) is 0. The van der Waals surface area contributed by atoms with Crippen molar-refractivity contribution in [3.63, 3.8) is 0 Å². The lowest BCUT2D eigenvalue weighted by molar-refractivity contribution is 0.669. The first-order valence-corrected chi connectivity index (χ1v) is 22.9. The molecule has 0 saturated carbocycles. The number of benzene rings is 11. The van der Waals surface area contributed by atoms with Crippen LogP contribution in [0.3, 0.4) is 0 Å². The zero-order valence-corrected chi connectivity index (χ0v) is 35.3. The highest BCUT2D eigenvalue weighted by Gasteiger charge is 2.51. The fourth-order valence-corrected chi connectivity index (χ4v) is 12.9. The third kappa shape index (κ3) is 4.44. The van der Waals surface area contributed by atoms with Crippen LogP contribution in [0.25, 0.3) is 96.7 Å². The first-order valence-electron chi connectivity index (χ1n) is 22.1. The molecule has 2 aromatic heterocycles. The van der Waals surface area contributed by atoms with E-state index in [1.54, 1.807) is 0 Å². The second-order valence-corrected chi connectivity index (χ2v) is 18.6. The molecular formula is C61H35NOS. The Hall–Kier alpha value is -7.98. The van der Waals surface area contributed by atoms with Gasteiger partial charge in [-0.3, -0.25) is 0 Å². The lowest BCUT2D eigenvalue weighted by atomic mass is 9.70. The van der Waals surface area contributed by atoms with Gasteiger partial charge in [0.25, 0.3) is 0 Å². The molecule has 0 N–H and O–H groups in total. The molecule has 13 aromatic rings. The predicted octanol–water partition coefficient (Wildman–Crippen LogP) is 17.2. The minimum atomic E-state index is -0.460. The van der Waals surface area contributed by atoms with E-state index in [9.17, 15) is 0 Å². The van der Waals surface area contributed by atoms with E-state index in [0.717, 1.165) is 39.0 Å². The highest BCUT2D eigenvalue weighted by molar-refractivity contribution is 7.25. The normalized spacial score (nSPS) is 13.4. The van der Waals surface area contributed by atoms with Crippen LogP contribution in [-0.4, -0.2) is 0 Å². The van der Waals surface area contributed by atoms with Gasteiger partial charge in [-0.25, -0.2) is 0 Å². The van der Waals surface area contributed by atoms with Crippen molar-refractivity contribution in [1.82, 2.24) is 0 Å². The van der Waals surface area contributed by atoms with Gasteiger partial charge in [-0.05, 0) is 144 Å². The van der Waals surface area contributed by atoms with E-state index in [2.05, 4.69) is 211 Å². The summed E-state index contributed by atoms with van der Waals surface area (Å²) in [7, 11) is 0. The van der Waals surface area contributed by atoms with E-state index in [1.807, 2.05) is 17.4 Å². The molecule has 2 nitrogen and oxygen atoms in total. The number of fused-ring (bicyclic) bond motifs is 22. The largest absolute Gasteiger partial charge is 0.456 e. The number of rotatable bonds is 3. The van der Waals surface area contributed by atoms with Gasteiger partial charge in [0.1, 0.15) is 11.2 Å².